The Balaban J connectivity index is 2.01. The van der Waals surface area contributed by atoms with Crippen molar-refractivity contribution in [3.8, 4) is 0 Å². The van der Waals surface area contributed by atoms with E-state index < -0.39 is 40.9 Å². The number of aliphatic carboxylic acids is 1. The molecule has 140 valence electrons. The number of nitrogens with zero attached hydrogens (tertiary/aromatic N) is 2. The van der Waals surface area contributed by atoms with Gasteiger partial charge in [0.05, 0.1) is 18.6 Å². The van der Waals surface area contributed by atoms with Gasteiger partial charge in [0.15, 0.2) is 6.10 Å². The first kappa shape index (κ1) is 19.5. The lowest BCUT2D eigenvalue weighted by Gasteiger charge is -2.28. The van der Waals surface area contributed by atoms with Crippen LogP contribution in [0.3, 0.4) is 0 Å². The van der Waals surface area contributed by atoms with Crippen LogP contribution in [-0.2, 0) is 20.9 Å². The Hall–Kier alpha value is -2.81. The highest BCUT2D eigenvalue weighted by molar-refractivity contribution is 5.91. The smallest absolute Gasteiger partial charge is 0.334 e. The average Bonchev–Trinajstić information content (AvgIpc) is 3.02. The Morgan fingerprint density at radius 1 is 1.31 bits per heavy atom. The van der Waals surface area contributed by atoms with E-state index in [1.165, 1.54) is 30.8 Å². The van der Waals surface area contributed by atoms with Gasteiger partial charge >= 0.3 is 5.97 Å². The third kappa shape index (κ3) is 5.35. The van der Waals surface area contributed by atoms with Crippen LogP contribution in [0.25, 0.3) is 0 Å². The van der Waals surface area contributed by atoms with Gasteiger partial charge in [0.2, 0.25) is 5.91 Å². The van der Waals surface area contributed by atoms with Crippen molar-refractivity contribution in [1.82, 2.24) is 9.78 Å². The van der Waals surface area contributed by atoms with Crippen LogP contribution in [0, 0.1) is 11.6 Å². The molecule has 0 saturated heterocycles. The Bertz CT molecular complexity index is 758. The number of carboxylic acids is 1. The van der Waals surface area contributed by atoms with Gasteiger partial charge in [-0.05, 0) is 32.0 Å². The minimum absolute atomic E-state index is 0.0463. The summed E-state index contributed by atoms with van der Waals surface area (Å²) in [5.74, 6) is -3.73. The van der Waals surface area contributed by atoms with Crippen molar-refractivity contribution in [3.05, 3.63) is 48.3 Å². The molecule has 1 unspecified atom stereocenters. The topological polar surface area (TPSA) is 93.5 Å². The van der Waals surface area contributed by atoms with E-state index in [4.69, 9.17) is 4.74 Å². The molecule has 26 heavy (non-hydrogen) atoms. The zero-order valence-electron chi connectivity index (χ0n) is 14.3. The molecule has 0 spiro atoms. The number of halogens is 2. The van der Waals surface area contributed by atoms with Crippen LogP contribution in [0.1, 0.15) is 20.3 Å². The SMILES string of the molecule is CC(C)(CC(=O)Nc1c(F)cccc1F)OC(Cn1cccn1)C(=O)O. The number of hydrogen-bond donors (Lipinski definition) is 2. The first-order valence-corrected chi connectivity index (χ1v) is 7.80. The highest BCUT2D eigenvalue weighted by atomic mass is 19.1. The predicted molar refractivity (Wildman–Crippen MR) is 88.4 cm³/mol. The average molecular weight is 367 g/mol. The standard InChI is InChI=1S/C17H19F2N3O4/c1-17(2,26-13(16(24)25)10-22-8-4-7-20-22)9-14(23)21-15-11(18)5-3-6-12(15)19/h3-8,13H,9-10H2,1-2H3,(H,21,23)(H,24,25). The largest absolute Gasteiger partial charge is 0.479 e. The van der Waals surface area contributed by atoms with E-state index >= 15 is 0 Å². The molecule has 2 N–H and O–H groups in total. The van der Waals surface area contributed by atoms with E-state index in [-0.39, 0.29) is 13.0 Å². The minimum atomic E-state index is -1.25. The Morgan fingerprint density at radius 2 is 1.96 bits per heavy atom. The molecule has 0 saturated carbocycles. The molecule has 2 rings (SSSR count). The molecule has 1 aromatic carbocycles. The summed E-state index contributed by atoms with van der Waals surface area (Å²) in [6.07, 6.45) is 1.53. The van der Waals surface area contributed by atoms with Gasteiger partial charge in [-0.2, -0.15) is 5.10 Å². The van der Waals surface area contributed by atoms with Gasteiger partial charge in [0.25, 0.3) is 0 Å². The number of nitrogens with one attached hydrogen (secondary N) is 1. The summed E-state index contributed by atoms with van der Waals surface area (Å²) >= 11 is 0. The summed E-state index contributed by atoms with van der Waals surface area (Å²) in [7, 11) is 0. The summed E-state index contributed by atoms with van der Waals surface area (Å²) in [5.41, 5.74) is -1.75. The number of aromatic nitrogens is 2. The third-order valence-corrected chi connectivity index (χ3v) is 3.46. The fraction of sp³-hybridized carbons (Fsp3) is 0.353. The molecular formula is C17H19F2N3O4. The van der Waals surface area contributed by atoms with Crippen LogP contribution in [0.2, 0.25) is 0 Å². The number of benzene rings is 1. The molecule has 0 aliphatic rings. The molecule has 7 nitrogen and oxygen atoms in total. The molecule has 0 aliphatic carbocycles. The van der Waals surface area contributed by atoms with Crippen molar-refractivity contribution in [1.29, 1.82) is 0 Å². The number of carboxylic acid groups (broad SMARTS) is 1. The summed E-state index contributed by atoms with van der Waals surface area (Å²) in [5, 5.41) is 15.4. The van der Waals surface area contributed by atoms with Crippen LogP contribution in [0.5, 0.6) is 0 Å². The van der Waals surface area contributed by atoms with Gasteiger partial charge in [-0.3, -0.25) is 9.48 Å². The lowest BCUT2D eigenvalue weighted by Crippen LogP contribution is -2.40. The molecule has 1 atom stereocenters. The molecule has 0 radical (unpaired) electrons. The molecule has 1 aromatic heterocycles. The normalized spacial score (nSPS) is 12.6. The highest BCUT2D eigenvalue weighted by Gasteiger charge is 2.31. The molecule has 2 aromatic rings. The molecule has 0 bridgehead atoms. The van der Waals surface area contributed by atoms with Crippen molar-refractivity contribution < 1.29 is 28.2 Å². The van der Waals surface area contributed by atoms with Crippen molar-refractivity contribution in [3.63, 3.8) is 0 Å². The van der Waals surface area contributed by atoms with E-state index in [0.29, 0.717) is 0 Å². The summed E-state index contributed by atoms with van der Waals surface area (Å²) in [4.78, 5) is 23.5. The second-order valence-corrected chi connectivity index (χ2v) is 6.25. The molecule has 0 aliphatic heterocycles. The number of hydrogen-bond acceptors (Lipinski definition) is 4. The maximum atomic E-state index is 13.6. The number of amides is 1. The van der Waals surface area contributed by atoms with Gasteiger partial charge in [-0.15, -0.1) is 0 Å². The van der Waals surface area contributed by atoms with Crippen LogP contribution in [-0.4, -0.2) is 38.5 Å². The lowest BCUT2D eigenvalue weighted by atomic mass is 10.0. The van der Waals surface area contributed by atoms with Crippen molar-refractivity contribution >= 4 is 17.6 Å². The van der Waals surface area contributed by atoms with E-state index in [2.05, 4.69) is 10.4 Å². The Kier molecular flexibility index (Phi) is 6.04. The van der Waals surface area contributed by atoms with E-state index in [0.717, 1.165) is 12.1 Å². The number of anilines is 1. The van der Waals surface area contributed by atoms with Gasteiger partial charge in [-0.25, -0.2) is 13.6 Å². The quantitative estimate of drug-likeness (QED) is 0.747. The monoisotopic (exact) mass is 367 g/mol. The number of rotatable bonds is 8. The fourth-order valence-electron chi connectivity index (χ4n) is 2.36. The van der Waals surface area contributed by atoms with Crippen LogP contribution in [0.4, 0.5) is 14.5 Å². The second-order valence-electron chi connectivity index (χ2n) is 6.25. The zero-order valence-corrected chi connectivity index (χ0v) is 14.3. The Labute approximate surface area is 148 Å². The molecule has 0 fully saturated rings. The Morgan fingerprint density at radius 3 is 2.50 bits per heavy atom. The molecular weight excluding hydrogens is 348 g/mol. The first-order chi connectivity index (χ1) is 12.2. The summed E-state index contributed by atoms with van der Waals surface area (Å²) < 4.78 is 34.1. The van der Waals surface area contributed by atoms with Crippen LogP contribution >= 0.6 is 0 Å². The van der Waals surface area contributed by atoms with Crippen LogP contribution in [0.15, 0.2) is 36.7 Å². The van der Waals surface area contributed by atoms with E-state index in [1.54, 1.807) is 12.3 Å². The zero-order chi connectivity index (χ0) is 19.3. The van der Waals surface area contributed by atoms with Crippen LogP contribution < -0.4 is 5.32 Å². The van der Waals surface area contributed by atoms with Crippen molar-refractivity contribution in [2.75, 3.05) is 5.32 Å². The maximum Gasteiger partial charge on any atom is 0.334 e. The first-order valence-electron chi connectivity index (χ1n) is 7.80. The number of carbonyl (C=O) groups excluding carboxylic acids is 1. The maximum absolute atomic E-state index is 13.6. The second kappa shape index (κ2) is 8.05. The van der Waals surface area contributed by atoms with E-state index in [9.17, 15) is 23.5 Å². The number of carbonyl (C=O) groups is 2. The van der Waals surface area contributed by atoms with Gasteiger partial charge < -0.3 is 15.2 Å². The molecule has 9 heteroatoms. The number of ether oxygens (including phenoxy) is 1. The number of para-hydroxylation sites is 1. The summed E-state index contributed by atoms with van der Waals surface area (Å²) in [6, 6.07) is 4.86. The third-order valence-electron chi connectivity index (χ3n) is 3.46. The van der Waals surface area contributed by atoms with Crippen molar-refractivity contribution in [2.24, 2.45) is 0 Å². The van der Waals surface area contributed by atoms with Gasteiger partial charge in [0, 0.05) is 12.4 Å². The fourth-order valence-corrected chi connectivity index (χ4v) is 2.36. The summed E-state index contributed by atoms with van der Waals surface area (Å²) in [6.45, 7) is 2.99. The minimum Gasteiger partial charge on any atom is -0.479 e. The highest BCUT2D eigenvalue weighted by Crippen LogP contribution is 2.22. The molecule has 1 amide bonds. The molecule has 1 heterocycles. The van der Waals surface area contributed by atoms with E-state index in [1.807, 2.05) is 0 Å². The van der Waals surface area contributed by atoms with Gasteiger partial charge in [0.1, 0.15) is 17.3 Å². The van der Waals surface area contributed by atoms with Gasteiger partial charge in [-0.1, -0.05) is 6.07 Å². The lowest BCUT2D eigenvalue weighted by molar-refractivity contribution is -0.165. The van der Waals surface area contributed by atoms with Crippen molar-refractivity contribution in [2.45, 2.75) is 38.5 Å². The predicted octanol–water partition coefficient (Wildman–Crippen LogP) is 2.44.